The summed E-state index contributed by atoms with van der Waals surface area (Å²) in [6, 6.07) is 7.83. The van der Waals surface area contributed by atoms with Gasteiger partial charge in [-0.1, -0.05) is 25.0 Å². The number of carbonyl (C=O) groups excluding carboxylic acids is 1. The lowest BCUT2D eigenvalue weighted by Crippen LogP contribution is -2.46. The number of nitrogens with one attached hydrogen (secondary N) is 1. The smallest absolute Gasteiger partial charge is 0.236 e. The normalized spacial score (nSPS) is 17.0. The lowest BCUT2D eigenvalue weighted by Gasteiger charge is -2.31. The van der Waals surface area contributed by atoms with Crippen molar-refractivity contribution < 1.29 is 9.53 Å². The van der Waals surface area contributed by atoms with E-state index in [0.29, 0.717) is 6.54 Å². The fourth-order valence-corrected chi connectivity index (χ4v) is 3.83. The summed E-state index contributed by atoms with van der Waals surface area (Å²) in [4.78, 5) is 12.2. The Morgan fingerprint density at radius 3 is 2.75 bits per heavy atom. The van der Waals surface area contributed by atoms with E-state index in [0.717, 1.165) is 30.8 Å². The number of benzene rings is 1. The molecule has 0 unspecified atom stereocenters. The summed E-state index contributed by atoms with van der Waals surface area (Å²) >= 11 is 1.72. The number of methoxy groups -OCH3 is 1. The first-order valence-electron chi connectivity index (χ1n) is 8.28. The number of nitrogens with two attached hydrogens (primary N) is 1. The van der Waals surface area contributed by atoms with Gasteiger partial charge in [-0.15, -0.1) is 12.4 Å². The van der Waals surface area contributed by atoms with Crippen LogP contribution in [0.5, 0.6) is 5.75 Å². The standard InChI is InChI=1S/C18H28N2O2S.ClH/c1-22-15-7-5-6-14(12-15)18(9-3-4-10-18)13-20-17(21)16(19)8-11-23-2;/h5-7,12,16H,3-4,8-11,13,19H2,1-2H3,(H,20,21);1H/t16-;/m0./s1. The summed E-state index contributed by atoms with van der Waals surface area (Å²) in [7, 11) is 1.69. The molecule has 0 spiro atoms. The van der Waals surface area contributed by atoms with Crippen LogP contribution in [0.4, 0.5) is 0 Å². The molecule has 24 heavy (non-hydrogen) atoms. The Morgan fingerprint density at radius 1 is 1.42 bits per heavy atom. The van der Waals surface area contributed by atoms with E-state index >= 15 is 0 Å². The van der Waals surface area contributed by atoms with E-state index in [4.69, 9.17) is 10.5 Å². The van der Waals surface area contributed by atoms with Gasteiger partial charge in [0, 0.05) is 12.0 Å². The lowest BCUT2D eigenvalue weighted by molar-refractivity contribution is -0.122. The zero-order valence-electron chi connectivity index (χ0n) is 14.5. The molecule has 0 radical (unpaired) electrons. The number of hydrogen-bond acceptors (Lipinski definition) is 4. The highest BCUT2D eigenvalue weighted by Gasteiger charge is 2.36. The molecule has 3 N–H and O–H groups in total. The molecule has 1 amide bonds. The second-order valence-corrected chi connectivity index (χ2v) is 7.31. The van der Waals surface area contributed by atoms with Crippen LogP contribution in [-0.4, -0.2) is 37.6 Å². The van der Waals surface area contributed by atoms with Gasteiger partial charge in [-0.2, -0.15) is 11.8 Å². The van der Waals surface area contributed by atoms with Crippen LogP contribution in [-0.2, 0) is 10.2 Å². The van der Waals surface area contributed by atoms with Gasteiger partial charge in [-0.3, -0.25) is 4.79 Å². The molecule has 1 atom stereocenters. The van der Waals surface area contributed by atoms with Crippen molar-refractivity contribution in [2.75, 3.05) is 25.7 Å². The second-order valence-electron chi connectivity index (χ2n) is 6.33. The third-order valence-corrected chi connectivity index (χ3v) is 5.46. The van der Waals surface area contributed by atoms with Crippen molar-refractivity contribution in [1.29, 1.82) is 0 Å². The zero-order valence-corrected chi connectivity index (χ0v) is 16.2. The van der Waals surface area contributed by atoms with Crippen LogP contribution in [0.2, 0.25) is 0 Å². The first-order valence-corrected chi connectivity index (χ1v) is 9.67. The highest BCUT2D eigenvalue weighted by molar-refractivity contribution is 7.98. The molecule has 0 aliphatic heterocycles. The minimum absolute atomic E-state index is 0. The Morgan fingerprint density at radius 2 is 2.12 bits per heavy atom. The Balaban J connectivity index is 0.00000288. The Bertz CT molecular complexity index is 521. The van der Waals surface area contributed by atoms with Crippen LogP contribution in [0.15, 0.2) is 24.3 Å². The lowest BCUT2D eigenvalue weighted by atomic mass is 9.78. The monoisotopic (exact) mass is 372 g/mol. The van der Waals surface area contributed by atoms with E-state index in [1.165, 1.54) is 18.4 Å². The molecule has 1 saturated carbocycles. The van der Waals surface area contributed by atoms with E-state index < -0.39 is 6.04 Å². The third kappa shape index (κ3) is 5.30. The summed E-state index contributed by atoms with van der Waals surface area (Å²) in [5, 5.41) is 3.10. The topological polar surface area (TPSA) is 64.3 Å². The summed E-state index contributed by atoms with van der Waals surface area (Å²) in [6.45, 7) is 0.659. The fraction of sp³-hybridized carbons (Fsp3) is 0.611. The van der Waals surface area contributed by atoms with Crippen LogP contribution in [0.25, 0.3) is 0 Å². The van der Waals surface area contributed by atoms with E-state index in [2.05, 4.69) is 17.4 Å². The Labute approximate surface area is 155 Å². The van der Waals surface area contributed by atoms with Gasteiger partial charge in [0.2, 0.25) is 5.91 Å². The molecule has 0 aromatic heterocycles. The van der Waals surface area contributed by atoms with Gasteiger partial charge in [-0.25, -0.2) is 0 Å². The molecule has 0 bridgehead atoms. The number of halogens is 1. The zero-order chi connectivity index (χ0) is 16.7. The van der Waals surface area contributed by atoms with Gasteiger partial charge in [0.1, 0.15) is 5.75 Å². The molecular formula is C18H29ClN2O2S. The molecule has 1 fully saturated rings. The second kappa shape index (κ2) is 10.2. The minimum Gasteiger partial charge on any atom is -0.497 e. The van der Waals surface area contributed by atoms with Gasteiger partial charge < -0.3 is 15.8 Å². The number of amides is 1. The maximum absolute atomic E-state index is 12.2. The quantitative estimate of drug-likeness (QED) is 0.735. The first kappa shape index (κ1) is 21.1. The number of hydrogen-bond donors (Lipinski definition) is 2. The van der Waals surface area contributed by atoms with Gasteiger partial charge >= 0.3 is 0 Å². The Kier molecular flexibility index (Phi) is 8.95. The number of carbonyl (C=O) groups is 1. The van der Waals surface area contributed by atoms with E-state index in [-0.39, 0.29) is 23.7 Å². The summed E-state index contributed by atoms with van der Waals surface area (Å²) in [5.74, 6) is 1.75. The predicted octanol–water partition coefficient (Wildman–Crippen LogP) is 3.13. The molecular weight excluding hydrogens is 344 g/mol. The number of ether oxygens (including phenoxy) is 1. The van der Waals surface area contributed by atoms with Crippen molar-refractivity contribution in [3.8, 4) is 5.75 Å². The van der Waals surface area contributed by atoms with Gasteiger partial charge in [0.15, 0.2) is 0 Å². The Hall–Kier alpha value is -0.910. The van der Waals surface area contributed by atoms with Crippen molar-refractivity contribution in [2.45, 2.75) is 43.6 Å². The number of rotatable bonds is 8. The molecule has 1 aliphatic carbocycles. The maximum Gasteiger partial charge on any atom is 0.236 e. The predicted molar refractivity (Wildman–Crippen MR) is 104 cm³/mol. The fourth-order valence-electron chi connectivity index (χ4n) is 3.34. The van der Waals surface area contributed by atoms with Crippen LogP contribution in [0.3, 0.4) is 0 Å². The molecule has 1 aliphatic rings. The van der Waals surface area contributed by atoms with Crippen LogP contribution in [0, 0.1) is 0 Å². The molecule has 6 heteroatoms. The molecule has 2 rings (SSSR count). The molecule has 0 saturated heterocycles. The largest absolute Gasteiger partial charge is 0.497 e. The van der Waals surface area contributed by atoms with E-state index in [1.807, 2.05) is 18.4 Å². The van der Waals surface area contributed by atoms with Crippen molar-refractivity contribution in [3.05, 3.63) is 29.8 Å². The summed E-state index contributed by atoms with van der Waals surface area (Å²) < 4.78 is 5.36. The molecule has 1 aromatic carbocycles. The average molecular weight is 373 g/mol. The van der Waals surface area contributed by atoms with Crippen LogP contribution < -0.4 is 15.8 Å². The van der Waals surface area contributed by atoms with Gasteiger partial charge in [-0.05, 0) is 49.0 Å². The van der Waals surface area contributed by atoms with Gasteiger partial charge in [0.25, 0.3) is 0 Å². The summed E-state index contributed by atoms with van der Waals surface area (Å²) in [6.07, 6.45) is 7.35. The molecule has 1 aromatic rings. The molecule has 4 nitrogen and oxygen atoms in total. The highest BCUT2D eigenvalue weighted by Crippen LogP contribution is 2.41. The van der Waals surface area contributed by atoms with Crippen LogP contribution >= 0.6 is 24.2 Å². The van der Waals surface area contributed by atoms with Crippen molar-refractivity contribution in [1.82, 2.24) is 5.32 Å². The maximum atomic E-state index is 12.2. The SMILES string of the molecule is COc1cccc(C2(CNC(=O)[C@@H](N)CCSC)CCCC2)c1.Cl. The van der Waals surface area contributed by atoms with E-state index in [1.54, 1.807) is 18.9 Å². The first-order chi connectivity index (χ1) is 11.1. The van der Waals surface area contributed by atoms with Crippen molar-refractivity contribution in [2.24, 2.45) is 5.73 Å². The number of thioether (sulfide) groups is 1. The minimum atomic E-state index is -0.411. The average Bonchev–Trinajstić information content (AvgIpc) is 3.07. The molecule has 0 heterocycles. The highest BCUT2D eigenvalue weighted by atomic mass is 35.5. The summed E-state index contributed by atoms with van der Waals surface area (Å²) in [5.41, 5.74) is 7.24. The third-order valence-electron chi connectivity index (χ3n) is 4.81. The van der Waals surface area contributed by atoms with Crippen LogP contribution in [0.1, 0.15) is 37.7 Å². The van der Waals surface area contributed by atoms with Crippen molar-refractivity contribution in [3.63, 3.8) is 0 Å². The van der Waals surface area contributed by atoms with Crippen molar-refractivity contribution >= 4 is 30.1 Å². The molecule has 136 valence electrons. The van der Waals surface area contributed by atoms with Gasteiger partial charge in [0.05, 0.1) is 13.2 Å². The van der Waals surface area contributed by atoms with E-state index in [9.17, 15) is 4.79 Å².